The fraction of sp³-hybridized carbons (Fsp3) is 0.316. The minimum atomic E-state index is 0.750. The molecular formula is C19H21N3. The molecule has 3 nitrogen and oxygen atoms in total. The van der Waals surface area contributed by atoms with Gasteiger partial charge in [-0.3, -0.25) is 9.80 Å². The smallest absolute Gasteiger partial charge is 0.0991 e. The number of piperazine rings is 1. The summed E-state index contributed by atoms with van der Waals surface area (Å²) in [6.45, 7) is 6.36. The molecule has 112 valence electrons. The average molecular weight is 291 g/mol. The van der Waals surface area contributed by atoms with Crippen LogP contribution < -0.4 is 0 Å². The van der Waals surface area contributed by atoms with Crippen LogP contribution >= 0.6 is 0 Å². The first-order valence-electron chi connectivity index (χ1n) is 7.81. The lowest BCUT2D eigenvalue weighted by atomic mass is 10.1. The molecule has 1 fully saturated rings. The average Bonchev–Trinajstić information content (AvgIpc) is 2.58. The van der Waals surface area contributed by atoms with Crippen molar-refractivity contribution < 1.29 is 0 Å². The van der Waals surface area contributed by atoms with Gasteiger partial charge in [-0.25, -0.2) is 0 Å². The molecule has 2 aromatic rings. The van der Waals surface area contributed by atoms with E-state index in [4.69, 9.17) is 5.26 Å². The fourth-order valence-electron chi connectivity index (χ4n) is 2.94. The topological polar surface area (TPSA) is 30.3 Å². The Balaban J connectivity index is 1.50. The summed E-state index contributed by atoms with van der Waals surface area (Å²) in [5, 5.41) is 8.97. The molecule has 0 aromatic heterocycles. The molecule has 3 heteroatoms. The Bertz CT molecular complexity index is 637. The molecule has 0 N–H and O–H groups in total. The second-order valence-electron chi connectivity index (χ2n) is 5.85. The third-order valence-corrected chi connectivity index (χ3v) is 4.18. The van der Waals surface area contributed by atoms with Crippen LogP contribution in [0.15, 0.2) is 54.6 Å². The zero-order valence-corrected chi connectivity index (χ0v) is 12.8. The zero-order valence-electron chi connectivity index (χ0n) is 12.8. The lowest BCUT2D eigenvalue weighted by molar-refractivity contribution is 0.122. The van der Waals surface area contributed by atoms with Crippen molar-refractivity contribution in [2.45, 2.75) is 13.1 Å². The first kappa shape index (κ1) is 14.8. The summed E-state index contributed by atoms with van der Waals surface area (Å²) in [5.41, 5.74) is 3.37. The monoisotopic (exact) mass is 291 g/mol. The third kappa shape index (κ3) is 3.94. The summed E-state index contributed by atoms with van der Waals surface area (Å²) < 4.78 is 0. The fourth-order valence-corrected chi connectivity index (χ4v) is 2.94. The number of hydrogen-bond acceptors (Lipinski definition) is 3. The van der Waals surface area contributed by atoms with E-state index in [1.54, 1.807) is 0 Å². The van der Waals surface area contributed by atoms with Gasteiger partial charge in [-0.15, -0.1) is 0 Å². The van der Waals surface area contributed by atoms with E-state index in [-0.39, 0.29) is 0 Å². The molecule has 0 saturated carbocycles. The molecule has 0 amide bonds. The molecule has 0 bridgehead atoms. The van der Waals surface area contributed by atoms with Crippen molar-refractivity contribution in [3.8, 4) is 6.07 Å². The Kier molecular flexibility index (Phi) is 4.85. The molecule has 1 aliphatic heterocycles. The van der Waals surface area contributed by atoms with Crippen LogP contribution in [0.25, 0.3) is 0 Å². The van der Waals surface area contributed by atoms with E-state index in [2.05, 4.69) is 52.3 Å². The molecule has 1 aliphatic rings. The number of hydrogen-bond donors (Lipinski definition) is 0. The van der Waals surface area contributed by atoms with E-state index < -0.39 is 0 Å². The van der Waals surface area contributed by atoms with E-state index >= 15 is 0 Å². The molecule has 1 heterocycles. The van der Waals surface area contributed by atoms with Gasteiger partial charge in [0.2, 0.25) is 0 Å². The number of benzene rings is 2. The van der Waals surface area contributed by atoms with Crippen LogP contribution in [0.1, 0.15) is 16.7 Å². The molecule has 0 atom stereocenters. The van der Waals surface area contributed by atoms with Crippen LogP contribution in [0.3, 0.4) is 0 Å². The van der Waals surface area contributed by atoms with E-state index in [0.29, 0.717) is 0 Å². The first-order chi connectivity index (χ1) is 10.8. The molecule has 3 rings (SSSR count). The lowest BCUT2D eigenvalue weighted by Crippen LogP contribution is -2.45. The summed E-state index contributed by atoms with van der Waals surface area (Å²) >= 11 is 0. The standard InChI is InChI=1S/C19H21N3/c20-14-18-7-4-8-19(13-18)16-22-11-9-21(10-12-22)15-17-5-2-1-3-6-17/h1-8,13H,9-12,15-16H2. The quantitative estimate of drug-likeness (QED) is 0.867. The maximum absolute atomic E-state index is 8.97. The highest BCUT2D eigenvalue weighted by molar-refractivity contribution is 5.32. The largest absolute Gasteiger partial charge is 0.297 e. The van der Waals surface area contributed by atoms with Gasteiger partial charge in [-0.1, -0.05) is 42.5 Å². The van der Waals surface area contributed by atoms with Crippen LogP contribution in [0.2, 0.25) is 0 Å². The SMILES string of the molecule is N#Cc1cccc(CN2CCN(Cc3ccccc3)CC2)c1. The van der Waals surface area contributed by atoms with Crippen molar-refractivity contribution in [2.24, 2.45) is 0 Å². The Morgan fingerprint density at radius 1 is 0.773 bits per heavy atom. The first-order valence-corrected chi connectivity index (χ1v) is 7.81. The summed E-state index contributed by atoms with van der Waals surface area (Å²) in [7, 11) is 0. The predicted molar refractivity (Wildman–Crippen MR) is 88.2 cm³/mol. The third-order valence-electron chi connectivity index (χ3n) is 4.18. The molecule has 0 radical (unpaired) electrons. The van der Waals surface area contributed by atoms with Crippen molar-refractivity contribution in [3.05, 3.63) is 71.3 Å². The van der Waals surface area contributed by atoms with Crippen LogP contribution in [0.5, 0.6) is 0 Å². The van der Waals surface area contributed by atoms with E-state index in [0.717, 1.165) is 44.8 Å². The highest BCUT2D eigenvalue weighted by Crippen LogP contribution is 2.12. The Labute approximate surface area is 132 Å². The van der Waals surface area contributed by atoms with Crippen molar-refractivity contribution in [1.82, 2.24) is 9.80 Å². The second-order valence-corrected chi connectivity index (χ2v) is 5.85. The molecule has 22 heavy (non-hydrogen) atoms. The summed E-state index contributed by atoms with van der Waals surface area (Å²) in [5.74, 6) is 0. The maximum Gasteiger partial charge on any atom is 0.0991 e. The van der Waals surface area contributed by atoms with Crippen LogP contribution in [0, 0.1) is 11.3 Å². The van der Waals surface area contributed by atoms with Gasteiger partial charge in [0, 0.05) is 39.3 Å². The minimum absolute atomic E-state index is 0.750. The van der Waals surface area contributed by atoms with Gasteiger partial charge in [0.05, 0.1) is 11.6 Å². The molecule has 1 saturated heterocycles. The Morgan fingerprint density at radius 2 is 1.36 bits per heavy atom. The molecule has 0 spiro atoms. The van der Waals surface area contributed by atoms with Gasteiger partial charge >= 0.3 is 0 Å². The Morgan fingerprint density at radius 3 is 2.00 bits per heavy atom. The van der Waals surface area contributed by atoms with Gasteiger partial charge in [0.25, 0.3) is 0 Å². The van der Waals surface area contributed by atoms with E-state index in [1.807, 2.05) is 18.2 Å². The minimum Gasteiger partial charge on any atom is -0.297 e. The number of rotatable bonds is 4. The number of nitriles is 1. The molecule has 0 aliphatic carbocycles. The van der Waals surface area contributed by atoms with Crippen molar-refractivity contribution >= 4 is 0 Å². The van der Waals surface area contributed by atoms with Gasteiger partial charge in [-0.2, -0.15) is 5.26 Å². The molecule has 2 aromatic carbocycles. The predicted octanol–water partition coefficient (Wildman–Crippen LogP) is 2.88. The lowest BCUT2D eigenvalue weighted by Gasteiger charge is -2.34. The second kappa shape index (κ2) is 7.22. The Hall–Kier alpha value is -2.15. The highest BCUT2D eigenvalue weighted by atomic mass is 15.3. The van der Waals surface area contributed by atoms with Crippen LogP contribution in [-0.4, -0.2) is 36.0 Å². The highest BCUT2D eigenvalue weighted by Gasteiger charge is 2.17. The normalized spacial score (nSPS) is 16.3. The summed E-state index contributed by atoms with van der Waals surface area (Å²) in [6.07, 6.45) is 0. The summed E-state index contributed by atoms with van der Waals surface area (Å²) in [4.78, 5) is 4.98. The summed E-state index contributed by atoms with van der Waals surface area (Å²) in [6, 6.07) is 20.8. The van der Waals surface area contributed by atoms with Crippen LogP contribution in [0.4, 0.5) is 0 Å². The van der Waals surface area contributed by atoms with Crippen molar-refractivity contribution in [1.29, 1.82) is 5.26 Å². The number of nitrogens with zero attached hydrogens (tertiary/aromatic N) is 3. The van der Waals surface area contributed by atoms with Gasteiger partial charge < -0.3 is 0 Å². The maximum atomic E-state index is 8.97. The van der Waals surface area contributed by atoms with Crippen molar-refractivity contribution in [2.75, 3.05) is 26.2 Å². The van der Waals surface area contributed by atoms with E-state index in [9.17, 15) is 0 Å². The van der Waals surface area contributed by atoms with Crippen LogP contribution in [-0.2, 0) is 13.1 Å². The zero-order chi connectivity index (χ0) is 15.2. The van der Waals surface area contributed by atoms with Gasteiger partial charge in [-0.05, 0) is 23.3 Å². The van der Waals surface area contributed by atoms with Gasteiger partial charge in [0.15, 0.2) is 0 Å². The van der Waals surface area contributed by atoms with Crippen molar-refractivity contribution in [3.63, 3.8) is 0 Å². The molecule has 0 unspecified atom stereocenters. The van der Waals surface area contributed by atoms with Gasteiger partial charge in [0.1, 0.15) is 0 Å². The molecular weight excluding hydrogens is 270 g/mol. The van der Waals surface area contributed by atoms with E-state index in [1.165, 1.54) is 11.1 Å².